The Morgan fingerprint density at radius 2 is 2.05 bits per heavy atom. The second-order valence-electron chi connectivity index (χ2n) is 4.17. The minimum Gasteiger partial charge on any atom is -0.450 e. The molecule has 0 radical (unpaired) electrons. The molecule has 2 aromatic carbocycles. The first-order valence-corrected chi connectivity index (χ1v) is 7.29. The van der Waals surface area contributed by atoms with E-state index in [-0.39, 0.29) is 11.4 Å². The molecular formula is C14H11BrClNO3. The van der Waals surface area contributed by atoms with Crippen molar-refractivity contribution in [1.29, 1.82) is 0 Å². The number of benzene rings is 2. The van der Waals surface area contributed by atoms with Crippen LogP contribution in [0.2, 0.25) is 5.02 Å². The van der Waals surface area contributed by atoms with Gasteiger partial charge in [-0.3, -0.25) is 10.1 Å². The van der Waals surface area contributed by atoms with E-state index in [9.17, 15) is 10.1 Å². The van der Waals surface area contributed by atoms with Crippen molar-refractivity contribution >= 4 is 33.2 Å². The molecule has 0 saturated carbocycles. The Morgan fingerprint density at radius 1 is 1.30 bits per heavy atom. The second kappa shape index (κ2) is 6.24. The zero-order chi connectivity index (χ0) is 14.7. The normalized spacial score (nSPS) is 10.3. The van der Waals surface area contributed by atoms with Gasteiger partial charge in [-0.1, -0.05) is 45.7 Å². The van der Waals surface area contributed by atoms with E-state index in [4.69, 9.17) is 16.3 Å². The lowest BCUT2D eigenvalue weighted by atomic mass is 10.2. The molecule has 20 heavy (non-hydrogen) atoms. The summed E-state index contributed by atoms with van der Waals surface area (Å²) in [4.78, 5) is 10.7. The highest BCUT2D eigenvalue weighted by atomic mass is 79.9. The second-order valence-corrected chi connectivity index (χ2v) is 5.16. The molecule has 0 amide bonds. The molecule has 4 nitrogen and oxygen atoms in total. The maximum atomic E-state index is 11.1. The predicted molar refractivity (Wildman–Crippen MR) is 82.0 cm³/mol. The molecule has 0 aliphatic carbocycles. The fraction of sp³-hybridized carbons (Fsp3) is 0.143. The number of hydrogen-bond acceptors (Lipinski definition) is 3. The summed E-state index contributed by atoms with van der Waals surface area (Å²) in [5.74, 6) is 0.711. The zero-order valence-corrected chi connectivity index (χ0v) is 12.9. The Labute approximate surface area is 129 Å². The quantitative estimate of drug-likeness (QED) is 0.427. The molecule has 0 aliphatic rings. The van der Waals surface area contributed by atoms with E-state index in [1.165, 1.54) is 0 Å². The summed E-state index contributed by atoms with van der Waals surface area (Å²) in [6, 6.07) is 10.2. The number of nitrogens with zero attached hydrogens (tertiary/aromatic N) is 1. The van der Waals surface area contributed by atoms with Crippen LogP contribution >= 0.6 is 27.5 Å². The number of para-hydroxylation sites is 1. The van der Waals surface area contributed by atoms with Crippen LogP contribution in [0.4, 0.5) is 5.69 Å². The summed E-state index contributed by atoms with van der Waals surface area (Å²) in [6.45, 7) is 1.67. The van der Waals surface area contributed by atoms with Gasteiger partial charge in [-0.2, -0.15) is 0 Å². The number of rotatable bonds is 4. The lowest BCUT2D eigenvalue weighted by Crippen LogP contribution is -1.97. The summed E-state index contributed by atoms with van der Waals surface area (Å²) in [7, 11) is 0. The molecule has 0 spiro atoms. The van der Waals surface area contributed by atoms with Crippen molar-refractivity contribution < 1.29 is 9.66 Å². The van der Waals surface area contributed by atoms with Crippen LogP contribution in [-0.4, -0.2) is 4.92 Å². The first kappa shape index (κ1) is 14.8. The molecule has 2 aromatic rings. The number of nitro groups is 1. The average molecular weight is 357 g/mol. The summed E-state index contributed by atoms with van der Waals surface area (Å²) in [5.41, 5.74) is 1.38. The molecule has 0 unspecified atom stereocenters. The van der Waals surface area contributed by atoms with E-state index in [2.05, 4.69) is 15.9 Å². The summed E-state index contributed by atoms with van der Waals surface area (Å²) < 4.78 is 5.70. The van der Waals surface area contributed by atoms with Gasteiger partial charge in [0.2, 0.25) is 5.75 Å². The highest BCUT2D eigenvalue weighted by Crippen LogP contribution is 2.36. The van der Waals surface area contributed by atoms with Crippen molar-refractivity contribution in [2.45, 2.75) is 12.3 Å². The number of hydrogen-bond donors (Lipinski definition) is 0. The van der Waals surface area contributed by atoms with Gasteiger partial charge in [0.05, 0.1) is 4.92 Å². The van der Waals surface area contributed by atoms with Crippen LogP contribution in [0.3, 0.4) is 0 Å². The predicted octanol–water partition coefficient (Wildman–Crippen LogP) is 5.24. The molecule has 0 aliphatic heterocycles. The van der Waals surface area contributed by atoms with Crippen molar-refractivity contribution in [3.63, 3.8) is 0 Å². The number of alkyl halides is 1. The van der Waals surface area contributed by atoms with Crippen LogP contribution < -0.4 is 4.74 Å². The molecule has 0 N–H and O–H groups in total. The lowest BCUT2D eigenvalue weighted by Gasteiger charge is -2.11. The Bertz CT molecular complexity index is 661. The molecule has 0 atom stereocenters. The molecule has 2 rings (SSSR count). The van der Waals surface area contributed by atoms with Gasteiger partial charge in [0, 0.05) is 21.5 Å². The highest BCUT2D eigenvalue weighted by molar-refractivity contribution is 9.08. The van der Waals surface area contributed by atoms with Gasteiger partial charge in [0.15, 0.2) is 0 Å². The van der Waals surface area contributed by atoms with Gasteiger partial charge in [0.1, 0.15) is 5.75 Å². The van der Waals surface area contributed by atoms with E-state index in [0.29, 0.717) is 21.7 Å². The molecule has 0 heterocycles. The first-order chi connectivity index (χ1) is 9.52. The van der Waals surface area contributed by atoms with Gasteiger partial charge in [-0.15, -0.1) is 0 Å². The number of nitro benzene ring substituents is 1. The number of halogens is 2. The van der Waals surface area contributed by atoms with Gasteiger partial charge in [-0.05, 0) is 25.1 Å². The molecule has 0 saturated heterocycles. The van der Waals surface area contributed by atoms with E-state index in [0.717, 1.165) is 5.56 Å². The Balaban J connectivity index is 2.48. The van der Waals surface area contributed by atoms with Crippen LogP contribution in [0.5, 0.6) is 11.5 Å². The minimum atomic E-state index is -0.441. The fourth-order valence-corrected chi connectivity index (χ4v) is 2.43. The molecule has 0 fully saturated rings. The monoisotopic (exact) mass is 355 g/mol. The van der Waals surface area contributed by atoms with E-state index in [1.807, 2.05) is 6.07 Å². The van der Waals surface area contributed by atoms with Gasteiger partial charge < -0.3 is 4.74 Å². The first-order valence-electron chi connectivity index (χ1n) is 5.79. The third-order valence-electron chi connectivity index (χ3n) is 2.78. The number of aryl methyl sites for hydroxylation is 1. The third-order valence-corrected chi connectivity index (χ3v) is 3.62. The Morgan fingerprint density at radius 3 is 2.70 bits per heavy atom. The van der Waals surface area contributed by atoms with Crippen LogP contribution in [0.1, 0.15) is 11.1 Å². The van der Waals surface area contributed by atoms with Crippen LogP contribution in [0.15, 0.2) is 36.4 Å². The smallest absolute Gasteiger partial charge is 0.314 e. The molecule has 104 valence electrons. The van der Waals surface area contributed by atoms with E-state index in [1.54, 1.807) is 37.3 Å². The maximum Gasteiger partial charge on any atom is 0.314 e. The highest BCUT2D eigenvalue weighted by Gasteiger charge is 2.19. The Hall–Kier alpha value is -1.59. The van der Waals surface area contributed by atoms with E-state index >= 15 is 0 Å². The van der Waals surface area contributed by atoms with Crippen molar-refractivity contribution in [3.05, 3.63) is 62.7 Å². The Kier molecular flexibility index (Phi) is 4.62. The van der Waals surface area contributed by atoms with Crippen molar-refractivity contribution in [1.82, 2.24) is 0 Å². The topological polar surface area (TPSA) is 52.4 Å². The molecule has 6 heteroatoms. The van der Waals surface area contributed by atoms with E-state index < -0.39 is 4.92 Å². The molecule has 0 aromatic heterocycles. The standard InChI is InChI=1S/C14H11BrClNO3/c1-9-3-2-4-12(14(9)17(18)19)20-13-7-11(16)6-5-10(13)8-15/h2-7H,8H2,1H3. The zero-order valence-electron chi connectivity index (χ0n) is 10.6. The maximum absolute atomic E-state index is 11.1. The van der Waals surface area contributed by atoms with Gasteiger partial charge in [-0.25, -0.2) is 0 Å². The van der Waals surface area contributed by atoms with Crippen LogP contribution in [-0.2, 0) is 5.33 Å². The van der Waals surface area contributed by atoms with Crippen LogP contribution in [0.25, 0.3) is 0 Å². The van der Waals surface area contributed by atoms with Crippen molar-refractivity contribution in [2.75, 3.05) is 0 Å². The fourth-order valence-electron chi connectivity index (χ4n) is 1.80. The average Bonchev–Trinajstić information content (AvgIpc) is 2.38. The SMILES string of the molecule is Cc1cccc(Oc2cc(Cl)ccc2CBr)c1[N+](=O)[O-]. The molecule has 0 bridgehead atoms. The van der Waals surface area contributed by atoms with Gasteiger partial charge in [0.25, 0.3) is 0 Å². The lowest BCUT2D eigenvalue weighted by molar-refractivity contribution is -0.386. The third kappa shape index (κ3) is 3.11. The van der Waals surface area contributed by atoms with Gasteiger partial charge >= 0.3 is 5.69 Å². The number of ether oxygens (including phenoxy) is 1. The summed E-state index contributed by atoms with van der Waals surface area (Å²) in [5, 5.41) is 12.2. The van der Waals surface area contributed by atoms with Crippen LogP contribution in [0, 0.1) is 17.0 Å². The van der Waals surface area contributed by atoms with Crippen molar-refractivity contribution in [3.8, 4) is 11.5 Å². The summed E-state index contributed by atoms with van der Waals surface area (Å²) >= 11 is 9.30. The molecular weight excluding hydrogens is 346 g/mol. The minimum absolute atomic E-state index is 0.0343. The van der Waals surface area contributed by atoms with Crippen molar-refractivity contribution in [2.24, 2.45) is 0 Å². The summed E-state index contributed by atoms with van der Waals surface area (Å²) in [6.07, 6.45) is 0. The largest absolute Gasteiger partial charge is 0.450 e.